The summed E-state index contributed by atoms with van der Waals surface area (Å²) in [5.41, 5.74) is -0.872. The van der Waals surface area contributed by atoms with Crippen LogP contribution in [0.15, 0.2) is 12.1 Å². The zero-order chi connectivity index (χ0) is 10.7. The lowest BCUT2D eigenvalue weighted by atomic mass is 10.2. The number of halogens is 2. The molecular formula is C8H8F2N2O2. The van der Waals surface area contributed by atoms with Gasteiger partial charge in [-0.1, -0.05) is 0 Å². The summed E-state index contributed by atoms with van der Waals surface area (Å²) in [5.74, 6) is -2.02. The van der Waals surface area contributed by atoms with Gasteiger partial charge in [-0.05, 0) is 6.92 Å². The second-order valence-electron chi connectivity index (χ2n) is 2.57. The summed E-state index contributed by atoms with van der Waals surface area (Å²) in [6, 6.07) is 1.38. The molecule has 14 heavy (non-hydrogen) atoms. The summed E-state index contributed by atoms with van der Waals surface area (Å²) >= 11 is 0. The molecule has 0 saturated heterocycles. The van der Waals surface area contributed by atoms with Crippen molar-refractivity contribution < 1.29 is 13.7 Å². The van der Waals surface area contributed by atoms with E-state index in [1.807, 2.05) is 0 Å². The number of rotatable bonds is 3. The molecular weight excluding hydrogens is 194 g/mol. The van der Waals surface area contributed by atoms with Gasteiger partial charge in [0, 0.05) is 18.7 Å². The topological polar surface area (TPSA) is 55.2 Å². The minimum absolute atomic E-state index is 0.144. The summed E-state index contributed by atoms with van der Waals surface area (Å²) in [4.78, 5) is 9.55. The van der Waals surface area contributed by atoms with Gasteiger partial charge in [-0.15, -0.1) is 0 Å². The summed E-state index contributed by atoms with van der Waals surface area (Å²) < 4.78 is 25.7. The van der Waals surface area contributed by atoms with Gasteiger partial charge in [0.1, 0.15) is 11.5 Å². The number of hydrogen-bond acceptors (Lipinski definition) is 3. The summed E-state index contributed by atoms with van der Waals surface area (Å²) in [5, 5.41) is 12.9. The Morgan fingerprint density at radius 3 is 2.64 bits per heavy atom. The Balaban J connectivity index is 3.28. The number of anilines is 1. The summed E-state index contributed by atoms with van der Waals surface area (Å²) in [6.07, 6.45) is 0. The zero-order valence-corrected chi connectivity index (χ0v) is 7.38. The van der Waals surface area contributed by atoms with E-state index < -0.39 is 22.2 Å². The second kappa shape index (κ2) is 3.99. The Kier molecular flexibility index (Phi) is 2.95. The highest BCUT2D eigenvalue weighted by molar-refractivity contribution is 5.62. The van der Waals surface area contributed by atoms with Crippen LogP contribution in [0.5, 0.6) is 0 Å². The van der Waals surface area contributed by atoms with Gasteiger partial charge in [-0.2, -0.15) is 4.39 Å². The van der Waals surface area contributed by atoms with Crippen LogP contribution in [-0.4, -0.2) is 11.5 Å². The van der Waals surface area contributed by atoms with E-state index in [9.17, 15) is 18.9 Å². The van der Waals surface area contributed by atoms with E-state index in [1.165, 1.54) is 0 Å². The first kappa shape index (κ1) is 10.4. The van der Waals surface area contributed by atoms with Crippen LogP contribution in [0.25, 0.3) is 0 Å². The van der Waals surface area contributed by atoms with Crippen molar-refractivity contribution in [1.29, 1.82) is 0 Å². The smallest absolute Gasteiger partial charge is 0.327 e. The van der Waals surface area contributed by atoms with E-state index in [0.29, 0.717) is 12.6 Å². The third-order valence-corrected chi connectivity index (χ3v) is 1.58. The highest BCUT2D eigenvalue weighted by Crippen LogP contribution is 2.28. The third kappa shape index (κ3) is 1.95. The van der Waals surface area contributed by atoms with Crippen LogP contribution in [0.1, 0.15) is 6.92 Å². The van der Waals surface area contributed by atoms with Crippen LogP contribution in [0.4, 0.5) is 20.2 Å². The Hall–Kier alpha value is -1.72. The maximum atomic E-state index is 13.0. The number of nitrogens with one attached hydrogen (secondary N) is 1. The number of benzene rings is 1. The average molecular weight is 202 g/mol. The molecule has 0 atom stereocenters. The lowest BCUT2D eigenvalue weighted by Gasteiger charge is -2.04. The molecule has 0 unspecified atom stereocenters. The van der Waals surface area contributed by atoms with E-state index >= 15 is 0 Å². The lowest BCUT2D eigenvalue weighted by molar-refractivity contribution is -0.386. The van der Waals surface area contributed by atoms with E-state index in [1.54, 1.807) is 6.92 Å². The molecule has 0 aliphatic rings. The van der Waals surface area contributed by atoms with Gasteiger partial charge in [0.15, 0.2) is 0 Å². The maximum absolute atomic E-state index is 13.0. The number of nitro benzene ring substituents is 1. The standard InChI is InChI=1S/C8H8F2N2O2/c1-2-11-7-4-5(9)3-6(10)8(7)12(13)14/h3-4,11H,2H2,1H3. The monoisotopic (exact) mass is 202 g/mol. The van der Waals surface area contributed by atoms with Crippen LogP contribution in [-0.2, 0) is 0 Å². The van der Waals surface area contributed by atoms with Crippen molar-refractivity contribution >= 4 is 11.4 Å². The Labute approximate surface area is 78.7 Å². The molecule has 0 aliphatic carbocycles. The molecule has 1 N–H and O–H groups in total. The molecule has 1 rings (SSSR count). The fraction of sp³-hybridized carbons (Fsp3) is 0.250. The highest BCUT2D eigenvalue weighted by atomic mass is 19.1. The zero-order valence-electron chi connectivity index (χ0n) is 7.38. The first-order valence-electron chi connectivity index (χ1n) is 3.93. The summed E-state index contributed by atoms with van der Waals surface area (Å²) in [7, 11) is 0. The van der Waals surface area contributed by atoms with Crippen molar-refractivity contribution in [3.63, 3.8) is 0 Å². The molecule has 4 nitrogen and oxygen atoms in total. The Bertz CT molecular complexity index is 369. The molecule has 0 saturated carbocycles. The van der Waals surface area contributed by atoms with Crippen LogP contribution < -0.4 is 5.32 Å². The van der Waals surface area contributed by atoms with Gasteiger partial charge >= 0.3 is 5.69 Å². The van der Waals surface area contributed by atoms with Crippen molar-refractivity contribution in [2.75, 3.05) is 11.9 Å². The molecule has 76 valence electrons. The molecule has 0 spiro atoms. The first-order valence-corrected chi connectivity index (χ1v) is 3.93. The van der Waals surface area contributed by atoms with E-state index in [4.69, 9.17) is 0 Å². The molecule has 6 heteroatoms. The first-order chi connectivity index (χ1) is 6.56. The molecule has 0 radical (unpaired) electrons. The molecule has 0 aliphatic heterocycles. The predicted octanol–water partition coefficient (Wildman–Crippen LogP) is 2.30. The molecule has 0 aromatic heterocycles. The van der Waals surface area contributed by atoms with E-state index in [0.717, 1.165) is 6.07 Å². The van der Waals surface area contributed by atoms with Crippen LogP contribution in [0.2, 0.25) is 0 Å². The van der Waals surface area contributed by atoms with Gasteiger partial charge in [-0.3, -0.25) is 10.1 Å². The van der Waals surface area contributed by atoms with Gasteiger partial charge in [0.2, 0.25) is 5.82 Å². The number of hydrogen-bond donors (Lipinski definition) is 1. The number of nitro groups is 1. The Morgan fingerprint density at radius 1 is 1.50 bits per heavy atom. The summed E-state index contributed by atoms with van der Waals surface area (Å²) in [6.45, 7) is 2.02. The fourth-order valence-electron chi connectivity index (χ4n) is 1.08. The van der Waals surface area contributed by atoms with Crippen LogP contribution in [0, 0.1) is 21.7 Å². The second-order valence-corrected chi connectivity index (χ2v) is 2.57. The van der Waals surface area contributed by atoms with Crippen molar-refractivity contribution in [2.24, 2.45) is 0 Å². The molecule has 0 bridgehead atoms. The minimum Gasteiger partial charge on any atom is -0.380 e. The Morgan fingerprint density at radius 2 is 2.14 bits per heavy atom. The molecule has 0 amide bonds. The fourth-order valence-corrected chi connectivity index (χ4v) is 1.08. The highest BCUT2D eigenvalue weighted by Gasteiger charge is 2.21. The quantitative estimate of drug-likeness (QED) is 0.604. The average Bonchev–Trinajstić information content (AvgIpc) is 2.01. The largest absolute Gasteiger partial charge is 0.380 e. The van der Waals surface area contributed by atoms with E-state index in [2.05, 4.69) is 5.32 Å². The van der Waals surface area contributed by atoms with Gasteiger partial charge in [-0.25, -0.2) is 4.39 Å². The van der Waals surface area contributed by atoms with Crippen molar-refractivity contribution in [3.05, 3.63) is 33.9 Å². The van der Waals surface area contributed by atoms with Gasteiger partial charge < -0.3 is 5.32 Å². The molecule has 0 heterocycles. The molecule has 1 aromatic carbocycles. The van der Waals surface area contributed by atoms with Crippen LogP contribution in [0.3, 0.4) is 0 Å². The van der Waals surface area contributed by atoms with Crippen molar-refractivity contribution in [3.8, 4) is 0 Å². The van der Waals surface area contributed by atoms with Crippen molar-refractivity contribution in [1.82, 2.24) is 0 Å². The normalized spacial score (nSPS) is 9.93. The third-order valence-electron chi connectivity index (χ3n) is 1.58. The number of nitrogens with zero attached hydrogens (tertiary/aromatic N) is 1. The van der Waals surface area contributed by atoms with E-state index in [-0.39, 0.29) is 5.69 Å². The van der Waals surface area contributed by atoms with Crippen LogP contribution >= 0.6 is 0 Å². The van der Waals surface area contributed by atoms with Crippen molar-refractivity contribution in [2.45, 2.75) is 6.92 Å². The lowest BCUT2D eigenvalue weighted by Crippen LogP contribution is -2.03. The SMILES string of the molecule is CCNc1cc(F)cc(F)c1[N+](=O)[O-]. The van der Waals surface area contributed by atoms with Gasteiger partial charge in [0.05, 0.1) is 4.92 Å². The molecule has 0 fully saturated rings. The predicted molar refractivity (Wildman–Crippen MR) is 47.2 cm³/mol. The molecule has 1 aromatic rings. The maximum Gasteiger partial charge on any atom is 0.327 e. The minimum atomic E-state index is -1.18. The van der Waals surface area contributed by atoms with Gasteiger partial charge in [0.25, 0.3) is 0 Å².